The first-order valence-electron chi connectivity index (χ1n) is 5.21. The average Bonchev–Trinajstić information content (AvgIpc) is 2.40. The molecule has 2 aromatic rings. The van der Waals surface area contributed by atoms with Gasteiger partial charge in [0.25, 0.3) is 11.4 Å². The van der Waals surface area contributed by atoms with Gasteiger partial charge >= 0.3 is 0 Å². The number of hydrogen-bond donors (Lipinski definition) is 0. The molecule has 0 amide bonds. The Morgan fingerprint density at radius 3 is 1.65 bits per heavy atom. The van der Waals surface area contributed by atoms with Crippen molar-refractivity contribution in [1.82, 2.24) is 0 Å². The number of nitro groups is 2. The normalized spacial score (nSPS) is 9.30. The fraction of sp³-hybridized carbons (Fsp3) is 0. The summed E-state index contributed by atoms with van der Waals surface area (Å²) in [5, 5.41) is 20.5. The molecule has 0 saturated heterocycles. The van der Waals surface area contributed by atoms with Crippen molar-refractivity contribution in [3.05, 3.63) is 78.3 Å². The minimum absolute atomic E-state index is 0.0517. The van der Waals surface area contributed by atoms with Crippen molar-refractivity contribution in [2.24, 2.45) is 0 Å². The largest absolute Gasteiger partial charge is 0.287 e. The van der Waals surface area contributed by atoms with E-state index in [0.29, 0.717) is 4.47 Å². The van der Waals surface area contributed by atoms with Crippen LogP contribution in [0.15, 0.2) is 53.0 Å². The highest BCUT2D eigenvalue weighted by Crippen LogP contribution is 2.23. The van der Waals surface area contributed by atoms with Gasteiger partial charge < -0.3 is 0 Å². The lowest BCUT2D eigenvalue weighted by Crippen LogP contribution is -1.87. The van der Waals surface area contributed by atoms with Crippen LogP contribution in [-0.4, -0.2) is 9.85 Å². The van der Waals surface area contributed by atoms with Gasteiger partial charge in [0.2, 0.25) is 0 Å². The summed E-state index contributed by atoms with van der Waals surface area (Å²) >= 11 is 8.53. The first kappa shape index (κ1) is 16.1. The molecule has 0 spiro atoms. The van der Waals surface area contributed by atoms with Crippen LogP contribution < -0.4 is 0 Å². The highest BCUT2D eigenvalue weighted by molar-refractivity contribution is 9.10. The smallest absolute Gasteiger partial charge is 0.258 e. The van der Waals surface area contributed by atoms with E-state index in [1.54, 1.807) is 30.3 Å². The molecule has 0 fully saturated rings. The standard InChI is InChI=1S/C6H4BrNO2.C6H4ClNO2/c2*7-5-3-1-2-4-6(5)8(9)10/h2*1-4H. The summed E-state index contributed by atoms with van der Waals surface area (Å²) in [4.78, 5) is 19.4. The summed E-state index contributed by atoms with van der Waals surface area (Å²) in [5.74, 6) is 0. The fourth-order valence-electron chi connectivity index (χ4n) is 1.20. The average molecular weight is 360 g/mol. The topological polar surface area (TPSA) is 86.3 Å². The van der Waals surface area contributed by atoms with E-state index in [0.717, 1.165) is 0 Å². The molecular weight excluding hydrogens is 351 g/mol. The second kappa shape index (κ2) is 7.56. The van der Waals surface area contributed by atoms with Crippen molar-refractivity contribution in [2.45, 2.75) is 0 Å². The van der Waals surface area contributed by atoms with Crippen LogP contribution in [0.5, 0.6) is 0 Å². The van der Waals surface area contributed by atoms with Crippen molar-refractivity contribution in [3.63, 3.8) is 0 Å². The third kappa shape index (κ3) is 4.60. The predicted octanol–water partition coefficient (Wildman–Crippen LogP) is 4.61. The van der Waals surface area contributed by atoms with E-state index < -0.39 is 9.85 Å². The number of nitrogens with zero attached hydrogens (tertiary/aromatic N) is 2. The second-order valence-corrected chi connectivity index (χ2v) is 4.68. The zero-order chi connectivity index (χ0) is 15.1. The summed E-state index contributed by atoms with van der Waals surface area (Å²) in [5.41, 5.74) is 0.0478. The van der Waals surface area contributed by atoms with Crippen LogP contribution in [0.2, 0.25) is 5.02 Å². The summed E-state index contributed by atoms with van der Waals surface area (Å²) < 4.78 is 0.514. The third-order valence-electron chi connectivity index (χ3n) is 2.10. The highest BCUT2D eigenvalue weighted by Gasteiger charge is 2.08. The molecule has 2 aromatic carbocycles. The summed E-state index contributed by atoms with van der Waals surface area (Å²) in [6.07, 6.45) is 0. The lowest BCUT2D eigenvalue weighted by Gasteiger charge is -1.91. The number of benzene rings is 2. The zero-order valence-electron chi connectivity index (χ0n) is 9.90. The lowest BCUT2D eigenvalue weighted by molar-refractivity contribution is -0.385. The van der Waals surface area contributed by atoms with Gasteiger partial charge in [-0.25, -0.2) is 0 Å². The van der Waals surface area contributed by atoms with Crippen LogP contribution in [0.4, 0.5) is 11.4 Å². The first-order chi connectivity index (χ1) is 9.43. The monoisotopic (exact) mass is 358 g/mol. The fourth-order valence-corrected chi connectivity index (χ4v) is 1.83. The lowest BCUT2D eigenvalue weighted by atomic mass is 10.3. The molecule has 0 aliphatic carbocycles. The molecule has 6 nitrogen and oxygen atoms in total. The maximum absolute atomic E-state index is 10.2. The van der Waals surface area contributed by atoms with Gasteiger partial charge in [-0.15, -0.1) is 0 Å². The SMILES string of the molecule is O=[N+]([O-])c1ccccc1Br.O=[N+]([O-])c1ccccc1Cl. The molecule has 0 radical (unpaired) electrons. The van der Waals surface area contributed by atoms with E-state index in [9.17, 15) is 20.2 Å². The molecular formula is C12H8BrClN2O4. The maximum Gasteiger partial charge on any atom is 0.287 e. The van der Waals surface area contributed by atoms with Gasteiger partial charge in [-0.3, -0.25) is 20.2 Å². The van der Waals surface area contributed by atoms with Crippen LogP contribution in [-0.2, 0) is 0 Å². The molecule has 0 saturated carbocycles. The molecule has 0 aliphatic rings. The van der Waals surface area contributed by atoms with E-state index >= 15 is 0 Å². The summed E-state index contributed by atoms with van der Waals surface area (Å²) in [6.45, 7) is 0. The van der Waals surface area contributed by atoms with Gasteiger partial charge in [-0.1, -0.05) is 35.9 Å². The second-order valence-electron chi connectivity index (χ2n) is 3.42. The molecule has 2 rings (SSSR count). The van der Waals surface area contributed by atoms with Crippen LogP contribution in [0.1, 0.15) is 0 Å². The Labute approximate surface area is 127 Å². The summed E-state index contributed by atoms with van der Waals surface area (Å²) in [7, 11) is 0. The number of hydrogen-bond acceptors (Lipinski definition) is 4. The Hall–Kier alpha value is -1.99. The molecule has 0 bridgehead atoms. The predicted molar refractivity (Wildman–Crippen MR) is 78.9 cm³/mol. The van der Waals surface area contributed by atoms with Crippen molar-refractivity contribution < 1.29 is 9.85 Å². The molecule has 104 valence electrons. The van der Waals surface area contributed by atoms with Crippen molar-refractivity contribution in [2.75, 3.05) is 0 Å². The minimum Gasteiger partial charge on any atom is -0.258 e. The Bertz CT molecular complexity index is 581. The van der Waals surface area contributed by atoms with Crippen LogP contribution in [0.3, 0.4) is 0 Å². The molecule has 0 aromatic heterocycles. The zero-order valence-corrected chi connectivity index (χ0v) is 12.2. The molecule has 8 heteroatoms. The van der Waals surface area contributed by atoms with Gasteiger partial charge in [-0.05, 0) is 28.1 Å². The molecule has 0 atom stereocenters. The van der Waals surface area contributed by atoms with Gasteiger partial charge in [0, 0.05) is 12.1 Å². The van der Waals surface area contributed by atoms with Crippen LogP contribution in [0, 0.1) is 20.2 Å². The van der Waals surface area contributed by atoms with E-state index in [1.165, 1.54) is 18.2 Å². The van der Waals surface area contributed by atoms with Gasteiger partial charge in [0.1, 0.15) is 5.02 Å². The van der Waals surface area contributed by atoms with Crippen LogP contribution in [0.25, 0.3) is 0 Å². The number of para-hydroxylation sites is 2. The highest BCUT2D eigenvalue weighted by atomic mass is 79.9. The van der Waals surface area contributed by atoms with E-state index in [2.05, 4.69) is 15.9 Å². The number of rotatable bonds is 2. The van der Waals surface area contributed by atoms with Gasteiger partial charge in [0.05, 0.1) is 14.3 Å². The Kier molecular flexibility index (Phi) is 6.08. The molecule has 0 heterocycles. The molecule has 20 heavy (non-hydrogen) atoms. The molecule has 0 aliphatic heterocycles. The van der Waals surface area contributed by atoms with E-state index in [-0.39, 0.29) is 16.4 Å². The number of nitro benzene ring substituents is 2. The van der Waals surface area contributed by atoms with Gasteiger partial charge in [0.15, 0.2) is 0 Å². The molecule has 0 unspecified atom stereocenters. The van der Waals surface area contributed by atoms with Crippen molar-refractivity contribution in [1.29, 1.82) is 0 Å². The Balaban J connectivity index is 0.000000200. The van der Waals surface area contributed by atoms with E-state index in [4.69, 9.17) is 11.6 Å². The summed E-state index contributed by atoms with van der Waals surface area (Å²) in [6, 6.07) is 12.5. The van der Waals surface area contributed by atoms with Crippen molar-refractivity contribution in [3.8, 4) is 0 Å². The van der Waals surface area contributed by atoms with Crippen molar-refractivity contribution >= 4 is 38.9 Å². The maximum atomic E-state index is 10.2. The Morgan fingerprint density at radius 1 is 0.850 bits per heavy atom. The Morgan fingerprint density at radius 2 is 1.30 bits per heavy atom. The van der Waals surface area contributed by atoms with E-state index in [1.807, 2.05) is 0 Å². The number of halogens is 2. The molecule has 0 N–H and O–H groups in total. The quantitative estimate of drug-likeness (QED) is 0.579. The minimum atomic E-state index is -0.512. The first-order valence-corrected chi connectivity index (χ1v) is 6.38. The third-order valence-corrected chi connectivity index (χ3v) is 3.09. The van der Waals surface area contributed by atoms with Gasteiger partial charge in [-0.2, -0.15) is 0 Å². The van der Waals surface area contributed by atoms with Crippen LogP contribution >= 0.6 is 27.5 Å².